The molecular formula is C17H23NO3. The number of amides is 1. The number of benzene rings is 1. The van der Waals surface area contributed by atoms with Gasteiger partial charge < -0.3 is 10.4 Å². The molecule has 4 nitrogen and oxygen atoms in total. The van der Waals surface area contributed by atoms with Crippen LogP contribution in [-0.2, 0) is 9.59 Å². The molecule has 114 valence electrons. The Hall–Kier alpha value is -1.84. The van der Waals surface area contributed by atoms with Gasteiger partial charge in [0.1, 0.15) is 0 Å². The van der Waals surface area contributed by atoms with Crippen molar-refractivity contribution in [3.8, 4) is 0 Å². The van der Waals surface area contributed by atoms with Crippen LogP contribution in [0.25, 0.3) is 0 Å². The second-order valence-corrected chi connectivity index (χ2v) is 6.05. The molecule has 0 bridgehead atoms. The monoisotopic (exact) mass is 289 g/mol. The van der Waals surface area contributed by atoms with Crippen LogP contribution in [0.5, 0.6) is 0 Å². The maximum atomic E-state index is 12.2. The maximum Gasteiger partial charge on any atom is 0.310 e. The second-order valence-electron chi connectivity index (χ2n) is 6.05. The van der Waals surface area contributed by atoms with E-state index in [1.807, 2.05) is 38.1 Å². The predicted molar refractivity (Wildman–Crippen MR) is 80.9 cm³/mol. The third kappa shape index (κ3) is 3.43. The van der Waals surface area contributed by atoms with E-state index < -0.39 is 11.4 Å². The SMILES string of the molecule is CCC(NC(=O)CC1(C(=O)O)CCC1)c1ccc(C)cc1. The average molecular weight is 289 g/mol. The molecule has 0 saturated heterocycles. The van der Waals surface area contributed by atoms with Gasteiger partial charge in [0, 0.05) is 6.42 Å². The van der Waals surface area contributed by atoms with Gasteiger partial charge in [0.15, 0.2) is 0 Å². The van der Waals surface area contributed by atoms with Crippen LogP contribution in [0.15, 0.2) is 24.3 Å². The summed E-state index contributed by atoms with van der Waals surface area (Å²) in [5.74, 6) is -1.00. The number of carbonyl (C=O) groups is 2. The van der Waals surface area contributed by atoms with Gasteiger partial charge in [-0.1, -0.05) is 43.2 Å². The van der Waals surface area contributed by atoms with Crippen LogP contribution in [-0.4, -0.2) is 17.0 Å². The molecule has 0 radical (unpaired) electrons. The first-order valence-electron chi connectivity index (χ1n) is 7.56. The Kier molecular flexibility index (Phi) is 4.66. The molecule has 1 aromatic rings. The fourth-order valence-electron chi connectivity index (χ4n) is 2.84. The summed E-state index contributed by atoms with van der Waals surface area (Å²) in [6.45, 7) is 4.04. The zero-order chi connectivity index (χ0) is 15.5. The van der Waals surface area contributed by atoms with E-state index in [1.165, 1.54) is 5.56 Å². The molecular weight excluding hydrogens is 266 g/mol. The molecule has 1 fully saturated rings. The highest BCUT2D eigenvalue weighted by molar-refractivity contribution is 5.85. The van der Waals surface area contributed by atoms with Crippen molar-refractivity contribution in [2.45, 2.75) is 52.0 Å². The zero-order valence-electron chi connectivity index (χ0n) is 12.7. The van der Waals surface area contributed by atoms with Gasteiger partial charge in [-0.05, 0) is 31.7 Å². The largest absolute Gasteiger partial charge is 0.481 e. The normalized spacial score (nSPS) is 17.6. The summed E-state index contributed by atoms with van der Waals surface area (Å²) in [6.07, 6.45) is 2.99. The minimum absolute atomic E-state index is 0.0518. The van der Waals surface area contributed by atoms with Crippen molar-refractivity contribution in [2.75, 3.05) is 0 Å². The van der Waals surface area contributed by atoms with Crippen LogP contribution in [0.3, 0.4) is 0 Å². The van der Waals surface area contributed by atoms with Gasteiger partial charge in [0.2, 0.25) is 5.91 Å². The van der Waals surface area contributed by atoms with Crippen LogP contribution < -0.4 is 5.32 Å². The number of carbonyl (C=O) groups excluding carboxylic acids is 1. The molecule has 2 N–H and O–H groups in total. The number of carboxylic acids is 1. The highest BCUT2D eigenvalue weighted by Crippen LogP contribution is 2.44. The molecule has 1 aliphatic carbocycles. The van der Waals surface area contributed by atoms with Crippen molar-refractivity contribution in [2.24, 2.45) is 5.41 Å². The van der Waals surface area contributed by atoms with Crippen molar-refractivity contribution < 1.29 is 14.7 Å². The van der Waals surface area contributed by atoms with E-state index in [1.54, 1.807) is 0 Å². The maximum absolute atomic E-state index is 12.2. The number of hydrogen-bond donors (Lipinski definition) is 2. The molecule has 4 heteroatoms. The summed E-state index contributed by atoms with van der Waals surface area (Å²) in [4.78, 5) is 23.5. The van der Waals surface area contributed by atoms with E-state index in [0.29, 0.717) is 12.8 Å². The van der Waals surface area contributed by atoms with Crippen molar-refractivity contribution in [1.82, 2.24) is 5.32 Å². The van der Waals surface area contributed by atoms with Crippen molar-refractivity contribution in [3.05, 3.63) is 35.4 Å². The van der Waals surface area contributed by atoms with Gasteiger partial charge in [-0.2, -0.15) is 0 Å². The molecule has 1 saturated carbocycles. The lowest BCUT2D eigenvalue weighted by molar-refractivity contribution is -0.157. The Morgan fingerprint density at radius 1 is 1.29 bits per heavy atom. The van der Waals surface area contributed by atoms with Gasteiger partial charge >= 0.3 is 5.97 Å². The first-order valence-corrected chi connectivity index (χ1v) is 7.56. The van der Waals surface area contributed by atoms with E-state index in [0.717, 1.165) is 18.4 Å². The average Bonchev–Trinajstić information content (AvgIpc) is 2.41. The zero-order valence-corrected chi connectivity index (χ0v) is 12.7. The van der Waals surface area contributed by atoms with Crippen molar-refractivity contribution >= 4 is 11.9 Å². The minimum Gasteiger partial charge on any atom is -0.481 e. The first kappa shape index (κ1) is 15.5. The Morgan fingerprint density at radius 2 is 1.90 bits per heavy atom. The lowest BCUT2D eigenvalue weighted by atomic mass is 9.66. The Morgan fingerprint density at radius 3 is 2.33 bits per heavy atom. The first-order chi connectivity index (χ1) is 9.97. The highest BCUT2D eigenvalue weighted by atomic mass is 16.4. The van der Waals surface area contributed by atoms with Gasteiger partial charge in [-0.15, -0.1) is 0 Å². The van der Waals surface area contributed by atoms with Crippen LogP contribution in [0, 0.1) is 12.3 Å². The third-order valence-electron chi connectivity index (χ3n) is 4.49. The van der Waals surface area contributed by atoms with Gasteiger partial charge in [0.05, 0.1) is 11.5 Å². The fraction of sp³-hybridized carbons (Fsp3) is 0.529. The van der Waals surface area contributed by atoms with E-state index in [-0.39, 0.29) is 18.4 Å². The molecule has 1 aromatic carbocycles. The van der Waals surface area contributed by atoms with Crippen molar-refractivity contribution in [1.29, 1.82) is 0 Å². The Balaban J connectivity index is 2.00. The van der Waals surface area contributed by atoms with Crippen LogP contribution >= 0.6 is 0 Å². The molecule has 1 aliphatic rings. The summed E-state index contributed by atoms with van der Waals surface area (Å²) in [6, 6.07) is 8.02. The van der Waals surface area contributed by atoms with Crippen LogP contribution in [0.1, 0.15) is 56.2 Å². The van der Waals surface area contributed by atoms with Crippen LogP contribution in [0.4, 0.5) is 0 Å². The third-order valence-corrected chi connectivity index (χ3v) is 4.49. The molecule has 21 heavy (non-hydrogen) atoms. The minimum atomic E-state index is -0.840. The summed E-state index contributed by atoms with van der Waals surface area (Å²) >= 11 is 0. The summed E-state index contributed by atoms with van der Waals surface area (Å²) in [7, 11) is 0. The smallest absolute Gasteiger partial charge is 0.310 e. The standard InChI is InChI=1S/C17H23NO3/c1-3-14(13-7-5-12(2)6-8-13)18-15(19)11-17(16(20)21)9-4-10-17/h5-8,14H,3-4,9-11H2,1-2H3,(H,18,19)(H,20,21). The van der Waals surface area contributed by atoms with Crippen molar-refractivity contribution in [3.63, 3.8) is 0 Å². The molecule has 2 rings (SSSR count). The molecule has 0 aliphatic heterocycles. The quantitative estimate of drug-likeness (QED) is 0.845. The number of aryl methyl sites for hydroxylation is 1. The predicted octanol–water partition coefficient (Wildman–Crippen LogP) is 3.21. The summed E-state index contributed by atoms with van der Waals surface area (Å²) in [5.41, 5.74) is 1.42. The Bertz CT molecular complexity index is 517. The van der Waals surface area contributed by atoms with Crippen LogP contribution in [0.2, 0.25) is 0 Å². The van der Waals surface area contributed by atoms with E-state index >= 15 is 0 Å². The molecule has 0 spiro atoms. The highest BCUT2D eigenvalue weighted by Gasteiger charge is 2.46. The topological polar surface area (TPSA) is 66.4 Å². The lowest BCUT2D eigenvalue weighted by Crippen LogP contribution is -2.43. The second kappa shape index (κ2) is 6.29. The van der Waals surface area contributed by atoms with Gasteiger partial charge in [-0.25, -0.2) is 0 Å². The number of nitrogens with one attached hydrogen (secondary N) is 1. The van der Waals surface area contributed by atoms with E-state index in [2.05, 4.69) is 5.32 Å². The number of rotatable bonds is 6. The molecule has 0 aromatic heterocycles. The van der Waals surface area contributed by atoms with E-state index in [9.17, 15) is 14.7 Å². The number of carboxylic acid groups (broad SMARTS) is 1. The molecule has 1 atom stereocenters. The Labute approximate surface area is 125 Å². The van der Waals surface area contributed by atoms with E-state index in [4.69, 9.17) is 0 Å². The molecule has 1 unspecified atom stereocenters. The van der Waals surface area contributed by atoms with Gasteiger partial charge in [-0.3, -0.25) is 9.59 Å². The lowest BCUT2D eigenvalue weighted by Gasteiger charge is -2.37. The summed E-state index contributed by atoms with van der Waals surface area (Å²) < 4.78 is 0. The number of aliphatic carboxylic acids is 1. The summed E-state index contributed by atoms with van der Waals surface area (Å²) in [5, 5.41) is 12.3. The van der Waals surface area contributed by atoms with Gasteiger partial charge in [0.25, 0.3) is 0 Å². The molecule has 1 amide bonds. The fourth-order valence-corrected chi connectivity index (χ4v) is 2.84. The number of hydrogen-bond acceptors (Lipinski definition) is 2. The molecule has 0 heterocycles.